The summed E-state index contributed by atoms with van der Waals surface area (Å²) in [6.07, 6.45) is 12.2. The fraction of sp³-hybridized carbons (Fsp3) is 0.737. The first-order valence-electron chi connectivity index (χ1n) is 9.33. The molecule has 2 heterocycles. The van der Waals surface area contributed by atoms with Gasteiger partial charge in [-0.3, -0.25) is 4.79 Å². The maximum absolute atomic E-state index is 12.1. The molecule has 1 atom stereocenters. The quantitative estimate of drug-likeness (QED) is 0.874. The van der Waals surface area contributed by atoms with E-state index < -0.39 is 0 Å². The van der Waals surface area contributed by atoms with Gasteiger partial charge in [-0.15, -0.1) is 0 Å². The summed E-state index contributed by atoms with van der Waals surface area (Å²) in [5, 5.41) is 3.23. The van der Waals surface area contributed by atoms with E-state index in [9.17, 15) is 4.79 Å². The van der Waals surface area contributed by atoms with E-state index in [0.717, 1.165) is 24.6 Å². The highest BCUT2D eigenvalue weighted by Crippen LogP contribution is 2.25. The molecule has 0 aromatic carbocycles. The van der Waals surface area contributed by atoms with Crippen LogP contribution >= 0.6 is 0 Å². The van der Waals surface area contributed by atoms with Crippen LogP contribution in [0.1, 0.15) is 57.1 Å². The van der Waals surface area contributed by atoms with Crippen molar-refractivity contribution in [2.45, 2.75) is 63.8 Å². The molecule has 1 aliphatic heterocycles. The van der Waals surface area contributed by atoms with Crippen molar-refractivity contribution in [2.75, 3.05) is 19.6 Å². The van der Waals surface area contributed by atoms with Gasteiger partial charge in [0.1, 0.15) is 5.76 Å². The van der Waals surface area contributed by atoms with Crippen molar-refractivity contribution >= 4 is 5.91 Å². The van der Waals surface area contributed by atoms with Crippen LogP contribution in [0.5, 0.6) is 0 Å². The second kappa shape index (κ2) is 8.53. The predicted octanol–water partition coefficient (Wildman–Crippen LogP) is 3.37. The molecule has 1 N–H and O–H groups in total. The molecule has 1 amide bonds. The van der Waals surface area contributed by atoms with Crippen LogP contribution in [0.3, 0.4) is 0 Å². The summed E-state index contributed by atoms with van der Waals surface area (Å²) >= 11 is 0. The molecular weight excluding hydrogens is 288 g/mol. The summed E-state index contributed by atoms with van der Waals surface area (Å²) < 4.78 is 5.29. The zero-order chi connectivity index (χ0) is 15.9. The van der Waals surface area contributed by atoms with Crippen LogP contribution in [0.2, 0.25) is 0 Å². The molecule has 1 unspecified atom stereocenters. The molecule has 2 fully saturated rings. The minimum Gasteiger partial charge on any atom is -0.469 e. The summed E-state index contributed by atoms with van der Waals surface area (Å²) in [7, 11) is 0. The van der Waals surface area contributed by atoms with Crippen molar-refractivity contribution in [3.05, 3.63) is 24.2 Å². The van der Waals surface area contributed by atoms with E-state index in [4.69, 9.17) is 4.42 Å². The lowest BCUT2D eigenvalue weighted by molar-refractivity contribution is -0.122. The first kappa shape index (κ1) is 16.6. The molecule has 0 radical (unpaired) electrons. The summed E-state index contributed by atoms with van der Waals surface area (Å²) in [6, 6.07) is 4.13. The molecule has 2 aliphatic rings. The summed E-state index contributed by atoms with van der Waals surface area (Å²) in [6.45, 7) is 3.47. The number of likely N-dealkylation sites (tertiary alicyclic amines) is 1. The largest absolute Gasteiger partial charge is 0.469 e. The van der Waals surface area contributed by atoms with Gasteiger partial charge >= 0.3 is 0 Å². The van der Waals surface area contributed by atoms with Gasteiger partial charge in [-0.2, -0.15) is 0 Å². The number of carbonyl (C=O) groups is 1. The molecule has 128 valence electrons. The number of nitrogens with one attached hydrogen (secondary N) is 1. The van der Waals surface area contributed by atoms with E-state index in [-0.39, 0.29) is 5.91 Å². The number of nitrogens with zero attached hydrogens (tertiary/aromatic N) is 1. The van der Waals surface area contributed by atoms with Gasteiger partial charge in [0.05, 0.1) is 6.26 Å². The Balaban J connectivity index is 1.38. The van der Waals surface area contributed by atoms with Crippen LogP contribution in [0, 0.1) is 5.92 Å². The molecule has 1 aromatic heterocycles. The number of hydrogen-bond acceptors (Lipinski definition) is 3. The van der Waals surface area contributed by atoms with Crippen LogP contribution in [-0.4, -0.2) is 36.5 Å². The van der Waals surface area contributed by atoms with Crippen molar-refractivity contribution in [1.29, 1.82) is 0 Å². The number of rotatable bonds is 6. The van der Waals surface area contributed by atoms with Crippen LogP contribution in [0.15, 0.2) is 22.8 Å². The predicted molar refractivity (Wildman–Crippen MR) is 91.2 cm³/mol. The van der Waals surface area contributed by atoms with Crippen LogP contribution in [0.25, 0.3) is 0 Å². The van der Waals surface area contributed by atoms with Crippen molar-refractivity contribution in [3.63, 3.8) is 0 Å². The Morgan fingerprint density at radius 3 is 2.87 bits per heavy atom. The van der Waals surface area contributed by atoms with Gasteiger partial charge in [0.25, 0.3) is 0 Å². The van der Waals surface area contributed by atoms with Crippen molar-refractivity contribution in [3.8, 4) is 0 Å². The molecule has 1 saturated heterocycles. The third kappa shape index (κ3) is 5.38. The van der Waals surface area contributed by atoms with Gasteiger partial charge in [-0.1, -0.05) is 19.3 Å². The van der Waals surface area contributed by atoms with Gasteiger partial charge in [-0.25, -0.2) is 0 Å². The lowest BCUT2D eigenvalue weighted by Gasteiger charge is -2.36. The van der Waals surface area contributed by atoms with Crippen molar-refractivity contribution < 1.29 is 9.21 Å². The molecule has 4 heteroatoms. The molecule has 0 bridgehead atoms. The number of aryl methyl sites for hydroxylation is 1. The number of hydrogen-bond donors (Lipinski definition) is 1. The van der Waals surface area contributed by atoms with Gasteiger partial charge < -0.3 is 14.6 Å². The van der Waals surface area contributed by atoms with E-state index in [1.807, 2.05) is 12.1 Å². The SMILES string of the molecule is O=C(CCc1ccco1)NC1CCCN(CC2CCCCC2)C1. The highest BCUT2D eigenvalue weighted by Gasteiger charge is 2.24. The minimum atomic E-state index is 0.158. The second-order valence-corrected chi connectivity index (χ2v) is 7.25. The fourth-order valence-electron chi connectivity index (χ4n) is 4.07. The molecule has 23 heavy (non-hydrogen) atoms. The Morgan fingerprint density at radius 2 is 2.09 bits per heavy atom. The standard InChI is InChI=1S/C19H30N2O2/c22-19(11-10-18-9-5-13-23-18)20-17-8-4-12-21(15-17)14-16-6-2-1-3-7-16/h5,9,13,16-17H,1-4,6-8,10-12,14-15H2,(H,20,22). The van der Waals surface area contributed by atoms with Crippen LogP contribution in [-0.2, 0) is 11.2 Å². The van der Waals surface area contributed by atoms with Gasteiger partial charge in [0, 0.05) is 32.0 Å². The fourth-order valence-corrected chi connectivity index (χ4v) is 4.07. The topological polar surface area (TPSA) is 45.5 Å². The number of carbonyl (C=O) groups excluding carboxylic acids is 1. The Morgan fingerprint density at radius 1 is 1.22 bits per heavy atom. The van der Waals surface area contributed by atoms with E-state index in [1.165, 1.54) is 51.6 Å². The number of furan rings is 1. The Bertz CT molecular complexity index is 466. The Labute approximate surface area is 139 Å². The summed E-state index contributed by atoms with van der Waals surface area (Å²) in [4.78, 5) is 14.7. The number of amides is 1. The number of piperidine rings is 1. The first-order valence-corrected chi connectivity index (χ1v) is 9.33. The Kier molecular flexibility index (Phi) is 6.14. The monoisotopic (exact) mass is 318 g/mol. The molecule has 3 rings (SSSR count). The molecule has 1 aliphatic carbocycles. The highest BCUT2D eigenvalue weighted by molar-refractivity contribution is 5.76. The zero-order valence-electron chi connectivity index (χ0n) is 14.1. The normalized spacial score (nSPS) is 23.7. The summed E-state index contributed by atoms with van der Waals surface area (Å²) in [5.74, 6) is 1.94. The van der Waals surface area contributed by atoms with Crippen LogP contribution < -0.4 is 5.32 Å². The van der Waals surface area contributed by atoms with Crippen molar-refractivity contribution in [2.24, 2.45) is 5.92 Å². The lowest BCUT2D eigenvalue weighted by Crippen LogP contribution is -2.49. The summed E-state index contributed by atoms with van der Waals surface area (Å²) in [5.41, 5.74) is 0. The average molecular weight is 318 g/mol. The van der Waals surface area contributed by atoms with E-state index in [2.05, 4.69) is 10.2 Å². The highest BCUT2D eigenvalue weighted by atomic mass is 16.3. The zero-order valence-corrected chi connectivity index (χ0v) is 14.1. The van der Waals surface area contributed by atoms with Crippen molar-refractivity contribution in [1.82, 2.24) is 10.2 Å². The maximum atomic E-state index is 12.1. The maximum Gasteiger partial charge on any atom is 0.220 e. The molecule has 4 nitrogen and oxygen atoms in total. The van der Waals surface area contributed by atoms with E-state index >= 15 is 0 Å². The average Bonchev–Trinajstić information content (AvgIpc) is 3.08. The van der Waals surface area contributed by atoms with Gasteiger partial charge in [0.15, 0.2) is 0 Å². The smallest absolute Gasteiger partial charge is 0.220 e. The third-order valence-corrected chi connectivity index (χ3v) is 5.29. The Hall–Kier alpha value is -1.29. The molecule has 1 saturated carbocycles. The van der Waals surface area contributed by atoms with Gasteiger partial charge in [0.2, 0.25) is 5.91 Å². The lowest BCUT2D eigenvalue weighted by atomic mass is 9.88. The molecular formula is C19H30N2O2. The second-order valence-electron chi connectivity index (χ2n) is 7.25. The minimum absolute atomic E-state index is 0.158. The van der Waals surface area contributed by atoms with E-state index in [0.29, 0.717) is 18.9 Å². The van der Waals surface area contributed by atoms with Crippen LogP contribution in [0.4, 0.5) is 0 Å². The van der Waals surface area contributed by atoms with Gasteiger partial charge in [-0.05, 0) is 50.3 Å². The molecule has 0 spiro atoms. The molecule has 1 aromatic rings. The third-order valence-electron chi connectivity index (χ3n) is 5.29. The first-order chi connectivity index (χ1) is 11.3. The van der Waals surface area contributed by atoms with E-state index in [1.54, 1.807) is 6.26 Å².